The standard InChI is InChI=1S/C8H15NO2/c9-6-5-7(10)8(6)1-3-11-4-2-8/h6-7,10H,1-5,9H2. The number of ether oxygens (including phenoxy) is 1. The fourth-order valence-corrected chi connectivity index (χ4v) is 2.25. The minimum Gasteiger partial charge on any atom is -0.392 e. The average molecular weight is 157 g/mol. The lowest BCUT2D eigenvalue weighted by Gasteiger charge is -2.54. The van der Waals surface area contributed by atoms with E-state index in [1.165, 1.54) is 0 Å². The van der Waals surface area contributed by atoms with Gasteiger partial charge in [-0.15, -0.1) is 0 Å². The smallest absolute Gasteiger partial charge is 0.0627 e. The molecule has 2 aliphatic rings. The van der Waals surface area contributed by atoms with E-state index < -0.39 is 0 Å². The number of hydrogen-bond acceptors (Lipinski definition) is 3. The summed E-state index contributed by atoms with van der Waals surface area (Å²) in [6.07, 6.45) is 2.49. The van der Waals surface area contributed by atoms with Crippen LogP contribution in [0, 0.1) is 5.41 Å². The van der Waals surface area contributed by atoms with E-state index in [2.05, 4.69) is 0 Å². The molecule has 3 nitrogen and oxygen atoms in total. The molecule has 0 aromatic carbocycles. The maximum atomic E-state index is 9.56. The van der Waals surface area contributed by atoms with Crippen molar-refractivity contribution < 1.29 is 9.84 Å². The summed E-state index contributed by atoms with van der Waals surface area (Å²) in [4.78, 5) is 0. The van der Waals surface area contributed by atoms with Crippen LogP contribution in [0.25, 0.3) is 0 Å². The van der Waals surface area contributed by atoms with Gasteiger partial charge in [0.25, 0.3) is 0 Å². The molecule has 2 atom stereocenters. The third kappa shape index (κ3) is 0.916. The van der Waals surface area contributed by atoms with Crippen LogP contribution in [-0.2, 0) is 4.74 Å². The number of aliphatic hydroxyl groups is 1. The van der Waals surface area contributed by atoms with Crippen LogP contribution in [0.2, 0.25) is 0 Å². The molecule has 2 fully saturated rings. The van der Waals surface area contributed by atoms with Crippen LogP contribution in [0.5, 0.6) is 0 Å². The number of rotatable bonds is 0. The van der Waals surface area contributed by atoms with Crippen molar-refractivity contribution in [3.8, 4) is 0 Å². The Kier molecular flexibility index (Phi) is 1.67. The van der Waals surface area contributed by atoms with E-state index in [4.69, 9.17) is 10.5 Å². The number of aliphatic hydroxyl groups excluding tert-OH is 1. The zero-order valence-corrected chi connectivity index (χ0v) is 6.62. The molecule has 1 heterocycles. The Labute approximate surface area is 66.5 Å². The highest BCUT2D eigenvalue weighted by Crippen LogP contribution is 2.47. The molecule has 0 aromatic heterocycles. The molecule has 0 bridgehead atoms. The Balaban J connectivity index is 2.06. The van der Waals surface area contributed by atoms with Gasteiger partial charge in [0.05, 0.1) is 6.10 Å². The number of nitrogens with two attached hydrogens (primary N) is 1. The largest absolute Gasteiger partial charge is 0.392 e. The van der Waals surface area contributed by atoms with E-state index in [0.29, 0.717) is 0 Å². The highest BCUT2D eigenvalue weighted by molar-refractivity contribution is 5.06. The molecule has 1 aliphatic heterocycles. The van der Waals surface area contributed by atoms with E-state index in [0.717, 1.165) is 32.5 Å². The average Bonchev–Trinajstić information content (AvgIpc) is 2.07. The van der Waals surface area contributed by atoms with Crippen LogP contribution in [0.4, 0.5) is 0 Å². The Bertz CT molecular complexity index is 144. The molecule has 1 aliphatic carbocycles. The van der Waals surface area contributed by atoms with Crippen molar-refractivity contribution in [1.29, 1.82) is 0 Å². The summed E-state index contributed by atoms with van der Waals surface area (Å²) < 4.78 is 5.23. The molecule has 0 amide bonds. The van der Waals surface area contributed by atoms with Crippen LogP contribution < -0.4 is 5.73 Å². The lowest BCUT2D eigenvalue weighted by molar-refractivity contribution is -0.138. The van der Waals surface area contributed by atoms with Gasteiger partial charge < -0.3 is 15.6 Å². The van der Waals surface area contributed by atoms with Gasteiger partial charge in [0, 0.05) is 24.7 Å². The second kappa shape index (κ2) is 2.44. The summed E-state index contributed by atoms with van der Waals surface area (Å²) >= 11 is 0. The minimum absolute atomic E-state index is 0.0260. The van der Waals surface area contributed by atoms with Crippen molar-refractivity contribution in [3.05, 3.63) is 0 Å². The first-order chi connectivity index (χ1) is 5.26. The van der Waals surface area contributed by atoms with E-state index in [9.17, 15) is 5.11 Å². The lowest BCUT2D eigenvalue weighted by Crippen LogP contribution is -2.63. The lowest BCUT2D eigenvalue weighted by atomic mass is 9.58. The van der Waals surface area contributed by atoms with E-state index >= 15 is 0 Å². The van der Waals surface area contributed by atoms with Crippen LogP contribution in [-0.4, -0.2) is 30.5 Å². The minimum atomic E-state index is -0.165. The highest BCUT2D eigenvalue weighted by atomic mass is 16.5. The summed E-state index contributed by atoms with van der Waals surface area (Å²) in [5, 5.41) is 9.56. The van der Waals surface area contributed by atoms with Crippen LogP contribution in [0.3, 0.4) is 0 Å². The number of hydrogen-bond donors (Lipinski definition) is 2. The molecule has 1 saturated heterocycles. The Hall–Kier alpha value is -0.120. The summed E-state index contributed by atoms with van der Waals surface area (Å²) in [5.41, 5.74) is 5.89. The molecule has 1 spiro atoms. The fourth-order valence-electron chi connectivity index (χ4n) is 2.25. The molecule has 11 heavy (non-hydrogen) atoms. The summed E-state index contributed by atoms with van der Waals surface area (Å²) in [6, 6.07) is 0.210. The predicted octanol–water partition coefficient (Wildman–Crippen LogP) is -0.125. The molecule has 2 rings (SSSR count). The molecule has 3 N–H and O–H groups in total. The molecule has 2 unspecified atom stereocenters. The fraction of sp³-hybridized carbons (Fsp3) is 1.00. The molecule has 64 valence electrons. The SMILES string of the molecule is NC1CC(O)C12CCOCC2. The molecular weight excluding hydrogens is 142 g/mol. The first-order valence-corrected chi connectivity index (χ1v) is 4.27. The van der Waals surface area contributed by atoms with Crippen LogP contribution in [0.1, 0.15) is 19.3 Å². The third-order valence-corrected chi connectivity index (χ3v) is 3.30. The second-order valence-corrected chi connectivity index (χ2v) is 3.70. The van der Waals surface area contributed by atoms with E-state index in [-0.39, 0.29) is 17.6 Å². The summed E-state index contributed by atoms with van der Waals surface area (Å²) in [7, 11) is 0. The van der Waals surface area contributed by atoms with Gasteiger partial charge in [-0.25, -0.2) is 0 Å². The first kappa shape index (κ1) is 7.53. The second-order valence-electron chi connectivity index (χ2n) is 3.70. The van der Waals surface area contributed by atoms with Crippen molar-refractivity contribution in [2.75, 3.05) is 13.2 Å². The van der Waals surface area contributed by atoms with Crippen molar-refractivity contribution in [3.63, 3.8) is 0 Å². The maximum Gasteiger partial charge on any atom is 0.0627 e. The maximum absolute atomic E-state index is 9.56. The zero-order chi connectivity index (χ0) is 7.90. The summed E-state index contributed by atoms with van der Waals surface area (Å²) in [5.74, 6) is 0. The van der Waals surface area contributed by atoms with E-state index in [1.807, 2.05) is 0 Å². The Morgan fingerprint density at radius 2 is 2.00 bits per heavy atom. The van der Waals surface area contributed by atoms with Crippen molar-refractivity contribution in [2.45, 2.75) is 31.4 Å². The first-order valence-electron chi connectivity index (χ1n) is 4.27. The van der Waals surface area contributed by atoms with Gasteiger partial charge >= 0.3 is 0 Å². The molecule has 1 saturated carbocycles. The van der Waals surface area contributed by atoms with Gasteiger partial charge in [0.2, 0.25) is 0 Å². The van der Waals surface area contributed by atoms with Crippen LogP contribution in [0.15, 0.2) is 0 Å². The van der Waals surface area contributed by atoms with Crippen molar-refractivity contribution >= 4 is 0 Å². The van der Waals surface area contributed by atoms with Gasteiger partial charge in [-0.3, -0.25) is 0 Å². The monoisotopic (exact) mass is 157 g/mol. The normalized spacial score (nSPS) is 42.0. The molecule has 3 heteroatoms. The third-order valence-electron chi connectivity index (χ3n) is 3.30. The van der Waals surface area contributed by atoms with Gasteiger partial charge in [-0.05, 0) is 19.3 Å². The van der Waals surface area contributed by atoms with Gasteiger partial charge in [-0.1, -0.05) is 0 Å². The van der Waals surface area contributed by atoms with Crippen molar-refractivity contribution in [2.24, 2.45) is 11.1 Å². The Morgan fingerprint density at radius 1 is 1.36 bits per heavy atom. The molecular formula is C8H15NO2. The van der Waals surface area contributed by atoms with Gasteiger partial charge in [-0.2, -0.15) is 0 Å². The van der Waals surface area contributed by atoms with Gasteiger partial charge in [0.15, 0.2) is 0 Å². The molecule has 0 radical (unpaired) electrons. The van der Waals surface area contributed by atoms with Crippen LogP contribution >= 0.6 is 0 Å². The highest BCUT2D eigenvalue weighted by Gasteiger charge is 2.52. The summed E-state index contributed by atoms with van der Waals surface area (Å²) in [6.45, 7) is 1.54. The predicted molar refractivity (Wildman–Crippen MR) is 41.1 cm³/mol. The topological polar surface area (TPSA) is 55.5 Å². The van der Waals surface area contributed by atoms with E-state index in [1.54, 1.807) is 0 Å². The van der Waals surface area contributed by atoms with Crippen molar-refractivity contribution in [1.82, 2.24) is 0 Å². The quantitative estimate of drug-likeness (QED) is 0.515. The molecule has 0 aromatic rings. The zero-order valence-electron chi connectivity index (χ0n) is 6.62. The Morgan fingerprint density at radius 3 is 2.36 bits per heavy atom. The van der Waals surface area contributed by atoms with Gasteiger partial charge in [0.1, 0.15) is 0 Å².